The molecule has 0 saturated heterocycles. The summed E-state index contributed by atoms with van der Waals surface area (Å²) in [6, 6.07) is 0.891. The summed E-state index contributed by atoms with van der Waals surface area (Å²) in [5.41, 5.74) is -0.0431. The molecule has 0 amide bonds. The summed E-state index contributed by atoms with van der Waals surface area (Å²) in [6.07, 6.45) is -5.49. The first-order valence-corrected chi connectivity index (χ1v) is 5.88. The quantitative estimate of drug-likeness (QED) is 0.330. The van der Waals surface area contributed by atoms with E-state index in [2.05, 4.69) is 14.5 Å². The highest BCUT2D eigenvalue weighted by molar-refractivity contribution is 14.1. The van der Waals surface area contributed by atoms with Crippen LogP contribution in [0, 0.1) is 13.7 Å². The van der Waals surface area contributed by atoms with Crippen molar-refractivity contribution in [2.75, 3.05) is 7.11 Å². The average molecular weight is 406 g/mol. The highest BCUT2D eigenvalue weighted by Crippen LogP contribution is 2.31. The van der Waals surface area contributed by atoms with Crippen LogP contribution in [-0.2, 0) is 16.0 Å². The Morgan fingerprint density at radius 1 is 1.55 bits per heavy atom. The second-order valence-electron chi connectivity index (χ2n) is 3.32. The van der Waals surface area contributed by atoms with Crippen LogP contribution in [0.25, 0.3) is 0 Å². The Kier molecular flexibility index (Phi) is 5.08. The molecule has 0 aromatic carbocycles. The molecule has 0 bridgehead atoms. The predicted octanol–water partition coefficient (Wildman–Crippen LogP) is 2.21. The molecule has 1 heterocycles. The topological polar surface area (TPSA) is 91.6 Å². The second kappa shape index (κ2) is 6.19. The molecule has 0 N–H and O–H groups in total. The molecule has 110 valence electrons. The molecular weight excluding hydrogens is 400 g/mol. The maximum atomic E-state index is 12.2. The predicted molar refractivity (Wildman–Crippen MR) is 66.0 cm³/mol. The lowest BCUT2D eigenvalue weighted by molar-refractivity contribution is -0.390. The van der Waals surface area contributed by atoms with E-state index in [-0.39, 0.29) is 9.13 Å². The van der Waals surface area contributed by atoms with E-state index < -0.39 is 35.4 Å². The van der Waals surface area contributed by atoms with E-state index in [4.69, 9.17) is 0 Å². The third kappa shape index (κ3) is 4.47. The number of nitrogens with zero attached hydrogens (tertiary/aromatic N) is 2. The molecule has 1 aromatic rings. The maximum Gasteiger partial charge on any atom is 0.575 e. The first-order chi connectivity index (χ1) is 9.14. The molecule has 0 aliphatic rings. The van der Waals surface area contributed by atoms with Gasteiger partial charge in [0.2, 0.25) is 0 Å². The average Bonchev–Trinajstić information content (AvgIpc) is 2.31. The smallest absolute Gasteiger partial charge is 0.469 e. The van der Waals surface area contributed by atoms with E-state index >= 15 is 0 Å². The molecule has 20 heavy (non-hydrogen) atoms. The van der Waals surface area contributed by atoms with E-state index in [9.17, 15) is 28.1 Å². The summed E-state index contributed by atoms with van der Waals surface area (Å²) in [5, 5.41) is 10.6. The zero-order valence-corrected chi connectivity index (χ0v) is 11.9. The normalized spacial score (nSPS) is 11.1. The van der Waals surface area contributed by atoms with Gasteiger partial charge in [0.25, 0.3) is 0 Å². The van der Waals surface area contributed by atoms with Crippen LogP contribution < -0.4 is 4.74 Å². The van der Waals surface area contributed by atoms with Gasteiger partial charge in [-0.05, 0) is 33.1 Å². The fourth-order valence-electron chi connectivity index (χ4n) is 1.17. The maximum absolute atomic E-state index is 12.2. The molecule has 7 nitrogen and oxygen atoms in total. The Labute approximate surface area is 123 Å². The number of methoxy groups -OCH3 is 1. The van der Waals surface area contributed by atoms with Crippen molar-refractivity contribution in [2.24, 2.45) is 0 Å². The highest BCUT2D eigenvalue weighted by Gasteiger charge is 2.36. The van der Waals surface area contributed by atoms with Gasteiger partial charge in [0.05, 0.1) is 13.5 Å². The van der Waals surface area contributed by atoms with E-state index in [0.717, 1.165) is 13.2 Å². The number of pyridine rings is 1. The van der Waals surface area contributed by atoms with Crippen LogP contribution in [0.1, 0.15) is 5.56 Å². The third-order valence-electron chi connectivity index (χ3n) is 1.95. The summed E-state index contributed by atoms with van der Waals surface area (Å²) < 4.78 is 44.4. The Morgan fingerprint density at radius 2 is 2.15 bits per heavy atom. The lowest BCUT2D eigenvalue weighted by atomic mass is 10.2. The fraction of sp³-hybridized carbons (Fsp3) is 0.333. The molecule has 0 spiro atoms. The minimum absolute atomic E-state index is 0.0431. The minimum Gasteiger partial charge on any atom is -0.469 e. The third-order valence-corrected chi connectivity index (χ3v) is 3.11. The number of esters is 1. The number of rotatable bonds is 4. The van der Waals surface area contributed by atoms with Gasteiger partial charge < -0.3 is 19.6 Å². The van der Waals surface area contributed by atoms with E-state index in [1.165, 1.54) is 22.6 Å². The molecule has 0 radical (unpaired) electrons. The highest BCUT2D eigenvalue weighted by atomic mass is 127. The first-order valence-electron chi connectivity index (χ1n) is 4.80. The van der Waals surface area contributed by atoms with Crippen molar-refractivity contribution in [3.8, 4) is 5.88 Å². The number of aromatic nitrogens is 1. The number of halogens is 4. The Morgan fingerprint density at radius 3 is 2.60 bits per heavy atom. The van der Waals surface area contributed by atoms with Gasteiger partial charge in [0, 0.05) is 11.1 Å². The van der Waals surface area contributed by atoms with Gasteiger partial charge in [-0.3, -0.25) is 4.79 Å². The van der Waals surface area contributed by atoms with Crippen LogP contribution in [0.3, 0.4) is 0 Å². The molecular formula is C9H6F3IN2O5. The number of hydrogen-bond donors (Lipinski definition) is 0. The Balaban J connectivity index is 3.29. The summed E-state index contributed by atoms with van der Waals surface area (Å²) in [5.74, 6) is -2.60. The standard InChI is InChI=1S/C9H6F3IN2O5/c1-19-6(16)3-4-2-5(15(17)18)14-8(7(4)13)20-9(10,11)12/h2H,3H2,1H3. The van der Waals surface area contributed by atoms with Crippen LogP contribution in [0.2, 0.25) is 0 Å². The van der Waals surface area contributed by atoms with E-state index in [0.29, 0.717) is 0 Å². The molecule has 0 fully saturated rings. The van der Waals surface area contributed by atoms with Crippen molar-refractivity contribution < 1.29 is 32.4 Å². The van der Waals surface area contributed by atoms with Gasteiger partial charge in [0.15, 0.2) is 0 Å². The fourth-order valence-corrected chi connectivity index (χ4v) is 1.75. The number of nitro groups is 1. The summed E-state index contributed by atoms with van der Waals surface area (Å²) in [6.45, 7) is 0. The molecule has 0 aliphatic carbocycles. The summed E-state index contributed by atoms with van der Waals surface area (Å²) >= 11 is 1.45. The second-order valence-corrected chi connectivity index (χ2v) is 4.40. The SMILES string of the molecule is COC(=O)Cc1cc([N+](=O)[O-])nc(OC(F)(F)F)c1I. The molecule has 1 aromatic heterocycles. The largest absolute Gasteiger partial charge is 0.575 e. The van der Waals surface area contributed by atoms with Crippen molar-refractivity contribution >= 4 is 34.4 Å². The van der Waals surface area contributed by atoms with Gasteiger partial charge in [-0.25, -0.2) is 0 Å². The van der Waals surface area contributed by atoms with Crippen molar-refractivity contribution in [2.45, 2.75) is 12.8 Å². The number of carbonyl (C=O) groups is 1. The first kappa shape index (κ1) is 16.4. The molecule has 0 atom stereocenters. The molecule has 0 unspecified atom stereocenters. The number of hydrogen-bond acceptors (Lipinski definition) is 6. The van der Waals surface area contributed by atoms with Crippen LogP contribution in [0.4, 0.5) is 19.0 Å². The monoisotopic (exact) mass is 406 g/mol. The van der Waals surface area contributed by atoms with E-state index in [1.54, 1.807) is 0 Å². The van der Waals surface area contributed by atoms with Crippen molar-refractivity contribution in [3.63, 3.8) is 0 Å². The van der Waals surface area contributed by atoms with Crippen molar-refractivity contribution in [1.29, 1.82) is 0 Å². The number of alkyl halides is 3. The minimum atomic E-state index is -5.05. The summed E-state index contributed by atoms with van der Waals surface area (Å²) in [4.78, 5) is 23.9. The molecule has 0 saturated carbocycles. The number of carbonyl (C=O) groups excluding carboxylic acids is 1. The lowest BCUT2D eigenvalue weighted by Gasteiger charge is -2.09. The van der Waals surface area contributed by atoms with Crippen LogP contribution >= 0.6 is 22.6 Å². The molecule has 1 rings (SSSR count). The zero-order valence-electron chi connectivity index (χ0n) is 9.73. The number of ether oxygens (including phenoxy) is 2. The van der Waals surface area contributed by atoms with Gasteiger partial charge >= 0.3 is 24.0 Å². The summed E-state index contributed by atoms with van der Waals surface area (Å²) in [7, 11) is 1.08. The van der Waals surface area contributed by atoms with Gasteiger partial charge in [0.1, 0.15) is 3.57 Å². The van der Waals surface area contributed by atoms with Crippen LogP contribution in [0.5, 0.6) is 5.88 Å². The van der Waals surface area contributed by atoms with Crippen LogP contribution in [-0.4, -0.2) is 29.3 Å². The molecule has 0 aliphatic heterocycles. The van der Waals surface area contributed by atoms with Gasteiger partial charge in [-0.15, -0.1) is 13.2 Å². The Hall–Kier alpha value is -1.66. The van der Waals surface area contributed by atoms with Gasteiger partial charge in [-0.2, -0.15) is 0 Å². The van der Waals surface area contributed by atoms with Gasteiger partial charge in [-0.1, -0.05) is 0 Å². The van der Waals surface area contributed by atoms with E-state index in [1.807, 2.05) is 0 Å². The lowest BCUT2D eigenvalue weighted by Crippen LogP contribution is -2.20. The van der Waals surface area contributed by atoms with Crippen LogP contribution in [0.15, 0.2) is 6.07 Å². The zero-order chi connectivity index (χ0) is 15.5. The Bertz CT molecular complexity index is 549. The van der Waals surface area contributed by atoms with Crippen molar-refractivity contribution in [1.82, 2.24) is 4.98 Å². The van der Waals surface area contributed by atoms with Crippen molar-refractivity contribution in [3.05, 3.63) is 25.3 Å². The molecule has 11 heteroatoms.